The summed E-state index contributed by atoms with van der Waals surface area (Å²) in [5.74, 6) is 0.818. The molecule has 0 spiro atoms. The standard InChI is InChI=1S/C21H20O4/c1-14-16-10-7-11-18(25-13-15-8-5-4-6-9-15)17(16)12-19(23-2)20(14)21(22)24-3/h4-12H,13H2,1-3H3. The van der Waals surface area contributed by atoms with Crippen LogP contribution in [-0.2, 0) is 11.3 Å². The van der Waals surface area contributed by atoms with Crippen molar-refractivity contribution in [2.24, 2.45) is 0 Å². The minimum Gasteiger partial charge on any atom is -0.496 e. The highest BCUT2D eigenvalue weighted by atomic mass is 16.5. The first kappa shape index (κ1) is 16.8. The molecule has 0 fully saturated rings. The van der Waals surface area contributed by atoms with Gasteiger partial charge in [-0.3, -0.25) is 0 Å². The van der Waals surface area contributed by atoms with Gasteiger partial charge in [-0.25, -0.2) is 4.79 Å². The van der Waals surface area contributed by atoms with Crippen molar-refractivity contribution >= 4 is 16.7 Å². The topological polar surface area (TPSA) is 44.8 Å². The molecule has 3 aromatic carbocycles. The summed E-state index contributed by atoms with van der Waals surface area (Å²) < 4.78 is 16.3. The number of methoxy groups -OCH3 is 2. The lowest BCUT2D eigenvalue weighted by Gasteiger charge is -2.15. The van der Waals surface area contributed by atoms with Gasteiger partial charge in [0.25, 0.3) is 0 Å². The number of esters is 1. The van der Waals surface area contributed by atoms with E-state index in [0.717, 1.165) is 27.6 Å². The Morgan fingerprint density at radius 2 is 1.68 bits per heavy atom. The predicted molar refractivity (Wildman–Crippen MR) is 97.4 cm³/mol. The van der Waals surface area contributed by atoms with E-state index in [1.54, 1.807) is 7.11 Å². The Morgan fingerprint density at radius 1 is 0.920 bits per heavy atom. The zero-order valence-electron chi connectivity index (χ0n) is 14.5. The molecular formula is C21H20O4. The normalized spacial score (nSPS) is 10.5. The molecule has 0 heterocycles. The number of rotatable bonds is 5. The summed E-state index contributed by atoms with van der Waals surface area (Å²) in [6, 6.07) is 17.6. The zero-order valence-corrected chi connectivity index (χ0v) is 14.5. The third-order valence-electron chi connectivity index (χ3n) is 4.21. The molecule has 0 saturated heterocycles. The fourth-order valence-electron chi connectivity index (χ4n) is 2.92. The maximum atomic E-state index is 12.1. The van der Waals surface area contributed by atoms with E-state index in [9.17, 15) is 4.79 Å². The number of hydrogen-bond acceptors (Lipinski definition) is 4. The van der Waals surface area contributed by atoms with Crippen molar-refractivity contribution in [1.82, 2.24) is 0 Å². The first-order valence-corrected chi connectivity index (χ1v) is 8.01. The van der Waals surface area contributed by atoms with Crippen LogP contribution >= 0.6 is 0 Å². The van der Waals surface area contributed by atoms with Crippen LogP contribution in [-0.4, -0.2) is 20.2 Å². The number of carbonyl (C=O) groups excluding carboxylic acids is 1. The summed E-state index contributed by atoms with van der Waals surface area (Å²) in [7, 11) is 2.91. The SMILES string of the molecule is COC(=O)c1c(OC)cc2c(OCc3ccccc3)cccc2c1C. The van der Waals surface area contributed by atoms with Crippen molar-refractivity contribution in [1.29, 1.82) is 0 Å². The maximum absolute atomic E-state index is 12.1. The monoisotopic (exact) mass is 336 g/mol. The molecule has 0 aliphatic rings. The van der Waals surface area contributed by atoms with Crippen molar-refractivity contribution < 1.29 is 19.0 Å². The maximum Gasteiger partial charge on any atom is 0.341 e. The summed E-state index contributed by atoms with van der Waals surface area (Å²) in [5.41, 5.74) is 2.35. The van der Waals surface area contributed by atoms with Crippen molar-refractivity contribution in [3.63, 3.8) is 0 Å². The molecule has 0 radical (unpaired) electrons. The van der Waals surface area contributed by atoms with Crippen molar-refractivity contribution in [2.75, 3.05) is 14.2 Å². The molecule has 0 atom stereocenters. The van der Waals surface area contributed by atoms with E-state index in [1.807, 2.05) is 61.5 Å². The molecule has 0 N–H and O–H groups in total. The van der Waals surface area contributed by atoms with E-state index in [0.29, 0.717) is 17.9 Å². The first-order chi connectivity index (χ1) is 12.2. The molecule has 0 amide bonds. The average molecular weight is 336 g/mol. The number of carbonyl (C=O) groups is 1. The third kappa shape index (κ3) is 3.29. The van der Waals surface area contributed by atoms with E-state index in [1.165, 1.54) is 7.11 Å². The molecule has 0 aliphatic carbocycles. The van der Waals surface area contributed by atoms with E-state index >= 15 is 0 Å². The second-order valence-electron chi connectivity index (χ2n) is 5.70. The highest BCUT2D eigenvalue weighted by molar-refractivity contribution is 6.03. The zero-order chi connectivity index (χ0) is 17.8. The summed E-state index contributed by atoms with van der Waals surface area (Å²) in [6.07, 6.45) is 0. The largest absolute Gasteiger partial charge is 0.496 e. The highest BCUT2D eigenvalue weighted by Crippen LogP contribution is 2.36. The Hall–Kier alpha value is -3.01. The molecule has 4 heteroatoms. The van der Waals surface area contributed by atoms with E-state index in [4.69, 9.17) is 14.2 Å². The van der Waals surface area contributed by atoms with Gasteiger partial charge in [0.2, 0.25) is 0 Å². The molecule has 3 aromatic rings. The molecule has 4 nitrogen and oxygen atoms in total. The first-order valence-electron chi connectivity index (χ1n) is 8.01. The Balaban J connectivity index is 2.06. The Morgan fingerprint density at radius 3 is 2.36 bits per heavy atom. The van der Waals surface area contributed by atoms with Gasteiger partial charge in [0.05, 0.1) is 14.2 Å². The second kappa shape index (κ2) is 7.26. The van der Waals surface area contributed by atoms with Crippen LogP contribution in [0.15, 0.2) is 54.6 Å². The number of fused-ring (bicyclic) bond motifs is 1. The van der Waals surface area contributed by atoms with Crippen molar-refractivity contribution in [3.8, 4) is 11.5 Å². The van der Waals surface area contributed by atoms with Gasteiger partial charge in [-0.1, -0.05) is 42.5 Å². The van der Waals surface area contributed by atoms with Gasteiger partial charge in [-0.15, -0.1) is 0 Å². The van der Waals surface area contributed by atoms with Gasteiger partial charge < -0.3 is 14.2 Å². The molecule has 0 bridgehead atoms. The molecule has 0 saturated carbocycles. The van der Waals surface area contributed by atoms with E-state index in [-0.39, 0.29) is 0 Å². The lowest BCUT2D eigenvalue weighted by molar-refractivity contribution is 0.0596. The van der Waals surface area contributed by atoms with Crippen molar-refractivity contribution in [2.45, 2.75) is 13.5 Å². The lowest BCUT2D eigenvalue weighted by Crippen LogP contribution is -2.07. The average Bonchev–Trinajstić information content (AvgIpc) is 2.66. The fourth-order valence-corrected chi connectivity index (χ4v) is 2.92. The third-order valence-corrected chi connectivity index (χ3v) is 4.21. The molecule has 25 heavy (non-hydrogen) atoms. The van der Waals surface area contributed by atoms with Crippen LogP contribution in [0.3, 0.4) is 0 Å². The van der Waals surface area contributed by atoms with Crippen LogP contribution in [0.25, 0.3) is 10.8 Å². The second-order valence-corrected chi connectivity index (χ2v) is 5.70. The Labute approximate surface area is 146 Å². The fraction of sp³-hybridized carbons (Fsp3) is 0.190. The molecule has 0 aliphatic heterocycles. The van der Waals surface area contributed by atoms with Crippen LogP contribution in [0.2, 0.25) is 0 Å². The quantitative estimate of drug-likeness (QED) is 0.643. The van der Waals surface area contributed by atoms with Crippen LogP contribution in [0.1, 0.15) is 21.5 Å². The molecule has 0 unspecified atom stereocenters. The summed E-state index contributed by atoms with van der Waals surface area (Å²) >= 11 is 0. The number of aryl methyl sites for hydroxylation is 1. The minimum atomic E-state index is -0.410. The smallest absolute Gasteiger partial charge is 0.341 e. The summed E-state index contributed by atoms with van der Waals surface area (Å²) in [5, 5.41) is 1.84. The predicted octanol–water partition coefficient (Wildman–Crippen LogP) is 4.52. The molecule has 3 rings (SSSR count). The molecule has 0 aromatic heterocycles. The van der Waals surface area contributed by atoms with Crippen LogP contribution in [0, 0.1) is 6.92 Å². The molecule has 128 valence electrons. The Bertz CT molecular complexity index is 901. The van der Waals surface area contributed by atoms with Gasteiger partial charge in [0.1, 0.15) is 23.7 Å². The highest BCUT2D eigenvalue weighted by Gasteiger charge is 2.20. The van der Waals surface area contributed by atoms with Gasteiger partial charge >= 0.3 is 5.97 Å². The van der Waals surface area contributed by atoms with Gasteiger partial charge in [-0.2, -0.15) is 0 Å². The molecular weight excluding hydrogens is 316 g/mol. The number of hydrogen-bond donors (Lipinski definition) is 0. The summed E-state index contributed by atoms with van der Waals surface area (Å²) in [6.45, 7) is 2.36. The summed E-state index contributed by atoms with van der Waals surface area (Å²) in [4.78, 5) is 12.1. The van der Waals surface area contributed by atoms with Gasteiger partial charge in [0.15, 0.2) is 0 Å². The van der Waals surface area contributed by atoms with Gasteiger partial charge in [0, 0.05) is 5.39 Å². The van der Waals surface area contributed by atoms with E-state index in [2.05, 4.69) is 0 Å². The number of benzene rings is 3. The van der Waals surface area contributed by atoms with E-state index < -0.39 is 5.97 Å². The van der Waals surface area contributed by atoms with Crippen LogP contribution in [0.4, 0.5) is 0 Å². The van der Waals surface area contributed by atoms with Gasteiger partial charge in [-0.05, 0) is 35.6 Å². The Kier molecular flexibility index (Phi) is 4.89. The van der Waals surface area contributed by atoms with Crippen molar-refractivity contribution in [3.05, 3.63) is 71.3 Å². The minimum absolute atomic E-state index is 0.410. The van der Waals surface area contributed by atoms with Crippen LogP contribution in [0.5, 0.6) is 11.5 Å². The van der Waals surface area contributed by atoms with Crippen LogP contribution < -0.4 is 9.47 Å². The number of ether oxygens (including phenoxy) is 3. The lowest BCUT2D eigenvalue weighted by atomic mass is 9.98.